The Balaban J connectivity index is 2.23. The van der Waals surface area contributed by atoms with Gasteiger partial charge in [0.05, 0.1) is 5.75 Å². The van der Waals surface area contributed by atoms with E-state index in [2.05, 4.69) is 14.9 Å². The molecule has 0 radical (unpaired) electrons. The maximum atomic E-state index is 11.7. The van der Waals surface area contributed by atoms with E-state index in [0.29, 0.717) is 18.3 Å². The Bertz CT molecular complexity index is 303. The summed E-state index contributed by atoms with van der Waals surface area (Å²) in [5.74, 6) is 0.202. The van der Waals surface area contributed by atoms with E-state index in [4.69, 9.17) is 0 Å². The van der Waals surface area contributed by atoms with E-state index in [9.17, 15) is 8.42 Å². The van der Waals surface area contributed by atoms with Crippen LogP contribution in [-0.4, -0.2) is 69.8 Å². The van der Waals surface area contributed by atoms with Crippen molar-refractivity contribution in [3.8, 4) is 0 Å². The third-order valence-corrected chi connectivity index (χ3v) is 5.18. The molecule has 1 saturated heterocycles. The summed E-state index contributed by atoms with van der Waals surface area (Å²) in [5.41, 5.74) is 0. The molecule has 0 saturated carbocycles. The van der Waals surface area contributed by atoms with Crippen LogP contribution >= 0.6 is 11.8 Å². The first-order valence-corrected chi connectivity index (χ1v) is 8.91. The largest absolute Gasteiger partial charge is 0.314 e. The van der Waals surface area contributed by atoms with Crippen molar-refractivity contribution in [3.05, 3.63) is 0 Å². The number of rotatable bonds is 7. The first-order valence-electron chi connectivity index (χ1n) is 5.97. The summed E-state index contributed by atoms with van der Waals surface area (Å²) in [5, 5.41) is 3.57. The molecule has 0 spiro atoms. The summed E-state index contributed by atoms with van der Waals surface area (Å²) < 4.78 is 26.1. The van der Waals surface area contributed by atoms with E-state index in [1.807, 2.05) is 13.2 Å². The molecule has 0 aliphatic carbocycles. The number of nitrogens with zero attached hydrogens (tertiary/aromatic N) is 1. The van der Waals surface area contributed by atoms with Gasteiger partial charge in [-0.2, -0.15) is 11.8 Å². The molecule has 1 rings (SSSR count). The fourth-order valence-electron chi connectivity index (χ4n) is 1.58. The molecule has 1 aliphatic rings. The standard InChI is InChI=1S/C10H23N3O2S2/c1-10(16-2)9-12-17(14,15)8-7-13-5-3-11-4-6-13/h10-12H,3-9H2,1-2H3. The van der Waals surface area contributed by atoms with Gasteiger partial charge in [0, 0.05) is 44.5 Å². The number of nitrogens with one attached hydrogen (secondary N) is 2. The average molecular weight is 281 g/mol. The Labute approximate surface area is 109 Å². The molecule has 1 aliphatic heterocycles. The molecule has 0 aromatic carbocycles. The monoisotopic (exact) mass is 281 g/mol. The Hall–Kier alpha value is 0.180. The van der Waals surface area contributed by atoms with Crippen molar-refractivity contribution in [1.29, 1.82) is 0 Å². The van der Waals surface area contributed by atoms with Crippen LogP contribution < -0.4 is 10.0 Å². The Kier molecular flexibility index (Phi) is 6.79. The van der Waals surface area contributed by atoms with Crippen LogP contribution in [0.15, 0.2) is 0 Å². The van der Waals surface area contributed by atoms with Gasteiger partial charge in [0.25, 0.3) is 0 Å². The molecule has 0 aromatic heterocycles. The lowest BCUT2D eigenvalue weighted by Crippen LogP contribution is -2.46. The molecule has 0 amide bonds. The fraction of sp³-hybridized carbons (Fsp3) is 1.00. The van der Waals surface area contributed by atoms with Gasteiger partial charge in [-0.3, -0.25) is 4.90 Å². The lowest BCUT2D eigenvalue weighted by molar-refractivity contribution is 0.253. The molecule has 0 bridgehead atoms. The van der Waals surface area contributed by atoms with E-state index in [1.165, 1.54) is 0 Å². The van der Waals surface area contributed by atoms with E-state index >= 15 is 0 Å². The summed E-state index contributed by atoms with van der Waals surface area (Å²) in [6, 6.07) is 0. The van der Waals surface area contributed by atoms with E-state index in [0.717, 1.165) is 26.2 Å². The highest BCUT2D eigenvalue weighted by atomic mass is 32.2. The molecule has 1 heterocycles. The van der Waals surface area contributed by atoms with E-state index in [-0.39, 0.29) is 5.75 Å². The van der Waals surface area contributed by atoms with Gasteiger partial charge in [0.15, 0.2) is 0 Å². The molecule has 1 unspecified atom stereocenters. The number of piperazine rings is 1. The second kappa shape index (κ2) is 7.58. The molecular formula is C10H23N3O2S2. The third kappa shape index (κ3) is 6.61. The van der Waals surface area contributed by atoms with Gasteiger partial charge in [-0.1, -0.05) is 6.92 Å². The molecule has 1 atom stereocenters. The summed E-state index contributed by atoms with van der Waals surface area (Å²) in [4.78, 5) is 2.19. The lowest BCUT2D eigenvalue weighted by Gasteiger charge is -2.26. The van der Waals surface area contributed by atoms with Crippen molar-refractivity contribution in [2.45, 2.75) is 12.2 Å². The van der Waals surface area contributed by atoms with Gasteiger partial charge in [-0.05, 0) is 6.26 Å². The van der Waals surface area contributed by atoms with Crippen LogP contribution in [0.5, 0.6) is 0 Å². The van der Waals surface area contributed by atoms with Crippen LogP contribution in [0.25, 0.3) is 0 Å². The van der Waals surface area contributed by atoms with Crippen LogP contribution in [0.3, 0.4) is 0 Å². The molecule has 0 aromatic rings. The van der Waals surface area contributed by atoms with Gasteiger partial charge in [0.1, 0.15) is 0 Å². The number of thioether (sulfide) groups is 1. The zero-order valence-electron chi connectivity index (χ0n) is 10.6. The highest BCUT2D eigenvalue weighted by Crippen LogP contribution is 2.03. The molecule has 17 heavy (non-hydrogen) atoms. The minimum Gasteiger partial charge on any atom is -0.314 e. The van der Waals surface area contributed by atoms with Crippen molar-refractivity contribution >= 4 is 21.8 Å². The topological polar surface area (TPSA) is 61.4 Å². The van der Waals surface area contributed by atoms with Gasteiger partial charge in [0.2, 0.25) is 10.0 Å². The summed E-state index contributed by atoms with van der Waals surface area (Å²) in [6.45, 7) is 6.96. The van der Waals surface area contributed by atoms with Crippen molar-refractivity contribution in [2.24, 2.45) is 0 Å². The van der Waals surface area contributed by atoms with Gasteiger partial charge < -0.3 is 5.32 Å². The number of hydrogen-bond donors (Lipinski definition) is 2. The predicted molar refractivity (Wildman–Crippen MR) is 74.1 cm³/mol. The maximum absolute atomic E-state index is 11.7. The summed E-state index contributed by atoms with van der Waals surface area (Å²) in [7, 11) is -3.11. The zero-order chi connectivity index (χ0) is 12.7. The van der Waals surface area contributed by atoms with E-state index < -0.39 is 10.0 Å². The number of hydrogen-bond acceptors (Lipinski definition) is 5. The Morgan fingerprint density at radius 3 is 2.65 bits per heavy atom. The smallest absolute Gasteiger partial charge is 0.212 e. The number of sulfonamides is 1. The lowest BCUT2D eigenvalue weighted by atomic mass is 10.4. The van der Waals surface area contributed by atoms with Crippen molar-refractivity contribution in [1.82, 2.24) is 14.9 Å². The Morgan fingerprint density at radius 2 is 2.06 bits per heavy atom. The van der Waals surface area contributed by atoms with Crippen LogP contribution in [0.4, 0.5) is 0 Å². The van der Waals surface area contributed by atoms with Gasteiger partial charge in [-0.25, -0.2) is 13.1 Å². The van der Waals surface area contributed by atoms with Crippen molar-refractivity contribution in [2.75, 3.05) is 51.3 Å². The highest BCUT2D eigenvalue weighted by Gasteiger charge is 2.15. The van der Waals surface area contributed by atoms with Crippen LogP contribution in [0, 0.1) is 0 Å². The molecular weight excluding hydrogens is 258 g/mol. The van der Waals surface area contributed by atoms with E-state index in [1.54, 1.807) is 11.8 Å². The van der Waals surface area contributed by atoms with Gasteiger partial charge in [-0.15, -0.1) is 0 Å². The van der Waals surface area contributed by atoms with Crippen LogP contribution in [-0.2, 0) is 10.0 Å². The first-order chi connectivity index (χ1) is 8.03. The Morgan fingerprint density at radius 1 is 1.41 bits per heavy atom. The normalized spacial score (nSPS) is 20.4. The minimum atomic E-state index is -3.11. The SMILES string of the molecule is CSC(C)CNS(=O)(=O)CCN1CCNCC1. The quantitative estimate of drug-likeness (QED) is 0.663. The highest BCUT2D eigenvalue weighted by molar-refractivity contribution is 7.99. The molecule has 7 heteroatoms. The molecule has 2 N–H and O–H groups in total. The predicted octanol–water partition coefficient (Wildman–Crippen LogP) is -0.437. The minimum absolute atomic E-state index is 0.202. The molecule has 5 nitrogen and oxygen atoms in total. The van der Waals surface area contributed by atoms with Crippen molar-refractivity contribution < 1.29 is 8.42 Å². The van der Waals surface area contributed by atoms with Crippen LogP contribution in [0.1, 0.15) is 6.92 Å². The first kappa shape index (κ1) is 15.2. The second-order valence-corrected chi connectivity index (χ2v) is 7.51. The third-order valence-electron chi connectivity index (χ3n) is 2.88. The van der Waals surface area contributed by atoms with Crippen molar-refractivity contribution in [3.63, 3.8) is 0 Å². The summed E-state index contributed by atoms with van der Waals surface area (Å²) in [6.07, 6.45) is 1.99. The van der Waals surface area contributed by atoms with Gasteiger partial charge >= 0.3 is 0 Å². The molecule has 1 fully saturated rings. The maximum Gasteiger partial charge on any atom is 0.212 e. The second-order valence-electron chi connectivity index (χ2n) is 4.31. The van der Waals surface area contributed by atoms with Crippen LogP contribution in [0.2, 0.25) is 0 Å². The fourth-order valence-corrected chi connectivity index (χ4v) is 3.09. The molecule has 102 valence electrons. The zero-order valence-corrected chi connectivity index (χ0v) is 12.2. The average Bonchev–Trinajstić information content (AvgIpc) is 2.35. The summed E-state index contributed by atoms with van der Waals surface area (Å²) >= 11 is 1.67.